The summed E-state index contributed by atoms with van der Waals surface area (Å²) < 4.78 is 0. The summed E-state index contributed by atoms with van der Waals surface area (Å²) in [6.45, 7) is 3.93. The molecule has 1 unspecified atom stereocenters. The second-order valence-corrected chi connectivity index (χ2v) is 4.19. The Bertz CT molecular complexity index is 295. The molecule has 0 spiro atoms. The van der Waals surface area contributed by atoms with Gasteiger partial charge in [0.05, 0.1) is 0 Å². The highest BCUT2D eigenvalue weighted by Crippen LogP contribution is 2.39. The molecule has 78 valence electrons. The standard InChI is InChI=1S/C9H13NO4/c1-9(2)4-3-5(9)10-7(12)6(11)8(13)14/h5H,3-4H2,1-2H3,(H,10,12)(H,13,14). The van der Waals surface area contributed by atoms with Crippen LogP contribution in [0.25, 0.3) is 0 Å². The van der Waals surface area contributed by atoms with Crippen LogP contribution < -0.4 is 5.32 Å². The summed E-state index contributed by atoms with van der Waals surface area (Å²) in [5, 5.41) is 10.7. The van der Waals surface area contributed by atoms with Gasteiger partial charge in [-0.05, 0) is 18.3 Å². The molecule has 0 aromatic heterocycles. The fourth-order valence-electron chi connectivity index (χ4n) is 1.45. The van der Waals surface area contributed by atoms with Crippen LogP contribution in [0.4, 0.5) is 0 Å². The lowest BCUT2D eigenvalue weighted by atomic mass is 9.67. The summed E-state index contributed by atoms with van der Waals surface area (Å²) in [4.78, 5) is 31.9. The summed E-state index contributed by atoms with van der Waals surface area (Å²) >= 11 is 0. The van der Waals surface area contributed by atoms with Crippen LogP contribution in [-0.4, -0.2) is 28.8 Å². The summed E-state index contributed by atoms with van der Waals surface area (Å²) in [6.07, 6.45) is 1.77. The summed E-state index contributed by atoms with van der Waals surface area (Å²) in [7, 11) is 0. The van der Waals surface area contributed by atoms with Crippen molar-refractivity contribution in [1.82, 2.24) is 5.32 Å². The van der Waals surface area contributed by atoms with Crippen molar-refractivity contribution in [3.05, 3.63) is 0 Å². The second-order valence-electron chi connectivity index (χ2n) is 4.19. The molecular weight excluding hydrogens is 186 g/mol. The van der Waals surface area contributed by atoms with Crippen molar-refractivity contribution in [3.8, 4) is 0 Å². The van der Waals surface area contributed by atoms with E-state index in [1.807, 2.05) is 13.8 Å². The van der Waals surface area contributed by atoms with Crippen LogP contribution in [0.2, 0.25) is 0 Å². The van der Waals surface area contributed by atoms with Crippen LogP contribution in [-0.2, 0) is 14.4 Å². The first-order chi connectivity index (χ1) is 6.34. The predicted molar refractivity (Wildman–Crippen MR) is 47.6 cm³/mol. The zero-order chi connectivity index (χ0) is 10.9. The average Bonchev–Trinajstić information content (AvgIpc) is 2.10. The lowest BCUT2D eigenvalue weighted by Crippen LogP contribution is -2.54. The third-order valence-electron chi connectivity index (χ3n) is 2.73. The van der Waals surface area contributed by atoms with Crippen LogP contribution in [0, 0.1) is 5.41 Å². The number of ketones is 1. The molecule has 0 saturated heterocycles. The lowest BCUT2D eigenvalue weighted by molar-refractivity contribution is -0.154. The van der Waals surface area contributed by atoms with E-state index in [2.05, 4.69) is 5.32 Å². The third kappa shape index (κ3) is 1.92. The number of rotatable bonds is 3. The lowest BCUT2D eigenvalue weighted by Gasteiger charge is -2.44. The van der Waals surface area contributed by atoms with Gasteiger partial charge < -0.3 is 10.4 Å². The number of nitrogens with one attached hydrogen (secondary N) is 1. The van der Waals surface area contributed by atoms with Crippen molar-refractivity contribution in [2.24, 2.45) is 5.41 Å². The Labute approximate surface area is 81.5 Å². The topological polar surface area (TPSA) is 83.5 Å². The molecular formula is C9H13NO4. The molecule has 1 aliphatic rings. The molecule has 1 saturated carbocycles. The molecule has 14 heavy (non-hydrogen) atoms. The Morgan fingerprint density at radius 1 is 1.36 bits per heavy atom. The van der Waals surface area contributed by atoms with E-state index in [-0.39, 0.29) is 11.5 Å². The maximum Gasteiger partial charge on any atom is 0.382 e. The summed E-state index contributed by atoms with van der Waals surface area (Å²) in [5.41, 5.74) is -0.0333. The maximum atomic E-state index is 11.0. The van der Waals surface area contributed by atoms with E-state index in [0.717, 1.165) is 12.8 Å². The summed E-state index contributed by atoms with van der Waals surface area (Å²) in [5.74, 6) is -4.12. The Morgan fingerprint density at radius 2 is 1.93 bits per heavy atom. The van der Waals surface area contributed by atoms with E-state index < -0.39 is 17.7 Å². The number of carbonyl (C=O) groups excluding carboxylic acids is 2. The van der Waals surface area contributed by atoms with Gasteiger partial charge in [-0.2, -0.15) is 0 Å². The molecule has 5 heteroatoms. The van der Waals surface area contributed by atoms with Crippen molar-refractivity contribution in [2.75, 3.05) is 0 Å². The Hall–Kier alpha value is -1.39. The van der Waals surface area contributed by atoms with Crippen LogP contribution in [0.5, 0.6) is 0 Å². The maximum absolute atomic E-state index is 11.0. The van der Waals surface area contributed by atoms with E-state index in [4.69, 9.17) is 5.11 Å². The largest absolute Gasteiger partial charge is 0.475 e. The van der Waals surface area contributed by atoms with E-state index in [9.17, 15) is 14.4 Å². The van der Waals surface area contributed by atoms with E-state index >= 15 is 0 Å². The Balaban J connectivity index is 2.50. The van der Waals surface area contributed by atoms with Gasteiger partial charge in [-0.25, -0.2) is 4.79 Å². The number of carbonyl (C=O) groups is 3. The van der Waals surface area contributed by atoms with Crippen LogP contribution in [0.15, 0.2) is 0 Å². The number of hydrogen-bond acceptors (Lipinski definition) is 3. The van der Waals surface area contributed by atoms with Crippen LogP contribution in [0.1, 0.15) is 26.7 Å². The Kier molecular flexibility index (Phi) is 2.59. The van der Waals surface area contributed by atoms with Crippen LogP contribution >= 0.6 is 0 Å². The molecule has 0 aromatic carbocycles. The van der Waals surface area contributed by atoms with Gasteiger partial charge in [-0.3, -0.25) is 9.59 Å². The van der Waals surface area contributed by atoms with Crippen LogP contribution in [0.3, 0.4) is 0 Å². The number of Topliss-reactive ketones (excluding diaryl/α,β-unsaturated/α-hetero) is 1. The van der Waals surface area contributed by atoms with Gasteiger partial charge in [0, 0.05) is 6.04 Å². The molecule has 0 radical (unpaired) electrons. The Morgan fingerprint density at radius 3 is 2.21 bits per heavy atom. The first kappa shape index (κ1) is 10.7. The number of aliphatic carboxylic acids is 1. The fraction of sp³-hybridized carbons (Fsp3) is 0.667. The quantitative estimate of drug-likeness (QED) is 0.493. The van der Waals surface area contributed by atoms with Crippen molar-refractivity contribution in [1.29, 1.82) is 0 Å². The molecule has 1 amide bonds. The average molecular weight is 199 g/mol. The minimum absolute atomic E-state index is 0.0333. The molecule has 1 atom stereocenters. The minimum atomic E-state index is -1.71. The highest BCUT2D eigenvalue weighted by Gasteiger charge is 2.40. The first-order valence-electron chi connectivity index (χ1n) is 4.43. The van der Waals surface area contributed by atoms with Gasteiger partial charge in [0.2, 0.25) is 0 Å². The van der Waals surface area contributed by atoms with E-state index in [1.165, 1.54) is 0 Å². The molecule has 2 N–H and O–H groups in total. The molecule has 0 aromatic rings. The number of hydrogen-bond donors (Lipinski definition) is 2. The van der Waals surface area contributed by atoms with Gasteiger partial charge in [-0.15, -0.1) is 0 Å². The first-order valence-corrected chi connectivity index (χ1v) is 4.43. The molecule has 1 rings (SSSR count). The molecule has 1 aliphatic carbocycles. The summed E-state index contributed by atoms with van der Waals surface area (Å²) in [6, 6.07) is -0.0849. The molecule has 5 nitrogen and oxygen atoms in total. The van der Waals surface area contributed by atoms with Crippen molar-refractivity contribution < 1.29 is 19.5 Å². The number of amides is 1. The zero-order valence-corrected chi connectivity index (χ0v) is 8.16. The number of carboxylic acids is 1. The van der Waals surface area contributed by atoms with E-state index in [1.54, 1.807) is 0 Å². The fourth-order valence-corrected chi connectivity index (χ4v) is 1.45. The molecule has 0 heterocycles. The van der Waals surface area contributed by atoms with E-state index in [0.29, 0.717) is 0 Å². The smallest absolute Gasteiger partial charge is 0.382 e. The monoisotopic (exact) mass is 199 g/mol. The minimum Gasteiger partial charge on any atom is -0.475 e. The van der Waals surface area contributed by atoms with Crippen molar-refractivity contribution in [3.63, 3.8) is 0 Å². The van der Waals surface area contributed by atoms with Gasteiger partial charge >= 0.3 is 11.8 Å². The zero-order valence-electron chi connectivity index (χ0n) is 8.16. The normalized spacial score (nSPS) is 23.4. The van der Waals surface area contributed by atoms with Crippen molar-refractivity contribution in [2.45, 2.75) is 32.7 Å². The van der Waals surface area contributed by atoms with Gasteiger partial charge in [0.15, 0.2) is 0 Å². The predicted octanol–water partition coefficient (Wildman–Crippen LogP) is -0.0551. The van der Waals surface area contributed by atoms with Gasteiger partial charge in [0.1, 0.15) is 0 Å². The van der Waals surface area contributed by atoms with Gasteiger partial charge in [0.25, 0.3) is 5.91 Å². The van der Waals surface area contributed by atoms with Gasteiger partial charge in [-0.1, -0.05) is 13.8 Å². The SMILES string of the molecule is CC1(C)CCC1NC(=O)C(=O)C(=O)O. The molecule has 0 bridgehead atoms. The highest BCUT2D eigenvalue weighted by atomic mass is 16.4. The number of carboxylic acid groups (broad SMARTS) is 1. The molecule has 0 aliphatic heterocycles. The highest BCUT2D eigenvalue weighted by molar-refractivity contribution is 6.61. The molecule has 1 fully saturated rings. The second kappa shape index (κ2) is 3.40. The third-order valence-corrected chi connectivity index (χ3v) is 2.73. The van der Waals surface area contributed by atoms with Crippen molar-refractivity contribution >= 4 is 17.7 Å².